The van der Waals surface area contributed by atoms with Crippen LogP contribution in [0.4, 0.5) is 4.79 Å². The van der Waals surface area contributed by atoms with E-state index in [9.17, 15) is 14.4 Å². The molecule has 1 rings (SSSR count). The minimum absolute atomic E-state index is 0.0516. The Labute approximate surface area is 130 Å². The lowest BCUT2D eigenvalue weighted by Crippen LogP contribution is -2.41. The van der Waals surface area contributed by atoms with E-state index in [1.807, 2.05) is 44.2 Å². The largest absolute Gasteiger partial charge is 0.465 e. The highest BCUT2D eigenvalue weighted by Gasteiger charge is 2.24. The molecule has 120 valence electrons. The molecule has 0 aliphatic rings. The predicted octanol–water partition coefficient (Wildman–Crippen LogP) is 2.69. The van der Waals surface area contributed by atoms with E-state index in [0.717, 1.165) is 11.8 Å². The molecule has 5 nitrogen and oxygen atoms in total. The van der Waals surface area contributed by atoms with Gasteiger partial charge in [0.05, 0.1) is 6.04 Å². The molecule has 0 radical (unpaired) electrons. The molecule has 1 aromatic carbocycles. The van der Waals surface area contributed by atoms with Gasteiger partial charge in [0.2, 0.25) is 0 Å². The number of aldehydes is 1. The van der Waals surface area contributed by atoms with Gasteiger partial charge >= 0.3 is 6.09 Å². The van der Waals surface area contributed by atoms with E-state index in [0.29, 0.717) is 12.8 Å². The molecule has 0 heterocycles. The molecule has 1 amide bonds. The first-order chi connectivity index (χ1) is 10.4. The average Bonchev–Trinajstić information content (AvgIpc) is 2.45. The van der Waals surface area contributed by atoms with Gasteiger partial charge < -0.3 is 15.2 Å². The van der Waals surface area contributed by atoms with Crippen molar-refractivity contribution in [2.45, 2.75) is 39.2 Å². The van der Waals surface area contributed by atoms with Gasteiger partial charge in [-0.1, -0.05) is 44.2 Å². The van der Waals surface area contributed by atoms with Crippen molar-refractivity contribution >= 4 is 18.2 Å². The van der Waals surface area contributed by atoms with Crippen LogP contribution in [-0.2, 0) is 16.0 Å². The van der Waals surface area contributed by atoms with Crippen LogP contribution in [0.3, 0.4) is 0 Å². The molecule has 0 spiro atoms. The maximum Gasteiger partial charge on any atom is 0.405 e. The molecular weight excluding hydrogens is 282 g/mol. The second kappa shape index (κ2) is 8.97. The average molecular weight is 305 g/mol. The van der Waals surface area contributed by atoms with Crippen molar-refractivity contribution < 1.29 is 19.5 Å². The van der Waals surface area contributed by atoms with Crippen molar-refractivity contribution in [3.63, 3.8) is 0 Å². The lowest BCUT2D eigenvalue weighted by Gasteiger charge is -2.19. The van der Waals surface area contributed by atoms with Crippen molar-refractivity contribution in [2.24, 2.45) is 11.8 Å². The molecule has 5 heteroatoms. The fraction of sp³-hybridized carbons (Fsp3) is 0.471. The summed E-state index contributed by atoms with van der Waals surface area (Å²) in [6.07, 6.45) is 0.526. The third-order valence-electron chi connectivity index (χ3n) is 3.39. The Morgan fingerprint density at radius 1 is 1.23 bits per heavy atom. The van der Waals surface area contributed by atoms with E-state index < -0.39 is 18.1 Å². The first-order valence-electron chi connectivity index (χ1n) is 7.43. The summed E-state index contributed by atoms with van der Waals surface area (Å²) in [4.78, 5) is 34.3. The van der Waals surface area contributed by atoms with Crippen molar-refractivity contribution in [3.8, 4) is 0 Å². The summed E-state index contributed by atoms with van der Waals surface area (Å²) >= 11 is 0. The van der Waals surface area contributed by atoms with Crippen molar-refractivity contribution in [2.75, 3.05) is 0 Å². The highest BCUT2D eigenvalue weighted by Crippen LogP contribution is 2.14. The Kier molecular flexibility index (Phi) is 7.29. The number of nitrogens with one attached hydrogen (secondary N) is 1. The molecule has 2 N–H and O–H groups in total. The van der Waals surface area contributed by atoms with Crippen LogP contribution in [0, 0.1) is 11.8 Å². The van der Waals surface area contributed by atoms with Gasteiger partial charge in [0.1, 0.15) is 6.29 Å². The summed E-state index contributed by atoms with van der Waals surface area (Å²) in [7, 11) is 0. The van der Waals surface area contributed by atoms with E-state index in [1.165, 1.54) is 0 Å². The lowest BCUT2D eigenvalue weighted by atomic mass is 9.90. The molecule has 2 unspecified atom stereocenters. The van der Waals surface area contributed by atoms with E-state index >= 15 is 0 Å². The van der Waals surface area contributed by atoms with Gasteiger partial charge in [-0.3, -0.25) is 4.79 Å². The zero-order chi connectivity index (χ0) is 16.5. The molecule has 2 atom stereocenters. The normalized spacial score (nSPS) is 13.4. The van der Waals surface area contributed by atoms with Gasteiger partial charge in [0.25, 0.3) is 0 Å². The first kappa shape index (κ1) is 17.9. The molecule has 1 aromatic rings. The van der Waals surface area contributed by atoms with E-state index in [1.54, 1.807) is 0 Å². The molecular formula is C17H23NO4. The van der Waals surface area contributed by atoms with Crippen molar-refractivity contribution in [1.82, 2.24) is 5.32 Å². The van der Waals surface area contributed by atoms with E-state index in [4.69, 9.17) is 5.11 Å². The van der Waals surface area contributed by atoms with Gasteiger partial charge in [0.15, 0.2) is 5.78 Å². The van der Waals surface area contributed by atoms with Crippen LogP contribution in [0.1, 0.15) is 32.3 Å². The molecule has 0 aliphatic carbocycles. The Bertz CT molecular complexity index is 499. The maximum absolute atomic E-state index is 12.3. The summed E-state index contributed by atoms with van der Waals surface area (Å²) in [5, 5.41) is 11.1. The number of carbonyl (C=O) groups is 3. The van der Waals surface area contributed by atoms with Crippen LogP contribution in [0.15, 0.2) is 30.3 Å². The van der Waals surface area contributed by atoms with Crippen molar-refractivity contribution in [1.29, 1.82) is 0 Å². The van der Waals surface area contributed by atoms with Crippen LogP contribution in [0.5, 0.6) is 0 Å². The lowest BCUT2D eigenvalue weighted by molar-refractivity contribution is -0.124. The number of Topliss-reactive ketones (excluding diaryl/α,β-unsaturated/α-hetero) is 1. The second-order valence-electron chi connectivity index (χ2n) is 5.89. The predicted molar refractivity (Wildman–Crippen MR) is 83.7 cm³/mol. The number of hydrogen-bond acceptors (Lipinski definition) is 3. The Morgan fingerprint density at radius 2 is 1.86 bits per heavy atom. The number of carboxylic acid groups (broad SMARTS) is 1. The molecule has 0 aromatic heterocycles. The zero-order valence-corrected chi connectivity index (χ0v) is 13.0. The molecule has 0 bridgehead atoms. The molecule has 0 saturated carbocycles. The fourth-order valence-electron chi connectivity index (χ4n) is 2.38. The summed E-state index contributed by atoms with van der Waals surface area (Å²) < 4.78 is 0. The van der Waals surface area contributed by atoms with E-state index in [-0.39, 0.29) is 18.1 Å². The smallest absolute Gasteiger partial charge is 0.405 e. The number of hydrogen-bond donors (Lipinski definition) is 2. The summed E-state index contributed by atoms with van der Waals surface area (Å²) in [5.41, 5.74) is 0.985. The van der Waals surface area contributed by atoms with Gasteiger partial charge in [-0.2, -0.15) is 0 Å². The Hall–Kier alpha value is -2.17. The summed E-state index contributed by atoms with van der Waals surface area (Å²) in [5.74, 6) is -0.478. The monoisotopic (exact) mass is 305 g/mol. The molecule has 22 heavy (non-hydrogen) atoms. The number of amides is 1. The van der Waals surface area contributed by atoms with Crippen LogP contribution in [-0.4, -0.2) is 29.3 Å². The van der Waals surface area contributed by atoms with Crippen LogP contribution in [0.25, 0.3) is 0 Å². The van der Waals surface area contributed by atoms with Gasteiger partial charge in [-0.25, -0.2) is 4.79 Å². The van der Waals surface area contributed by atoms with Crippen LogP contribution in [0.2, 0.25) is 0 Å². The molecule has 0 aliphatic heterocycles. The number of benzene rings is 1. The Morgan fingerprint density at radius 3 is 2.36 bits per heavy atom. The zero-order valence-electron chi connectivity index (χ0n) is 13.0. The fourth-order valence-corrected chi connectivity index (χ4v) is 2.38. The second-order valence-corrected chi connectivity index (χ2v) is 5.89. The van der Waals surface area contributed by atoms with Crippen LogP contribution >= 0.6 is 0 Å². The third kappa shape index (κ3) is 6.52. The third-order valence-corrected chi connectivity index (χ3v) is 3.39. The van der Waals surface area contributed by atoms with Crippen LogP contribution < -0.4 is 5.32 Å². The minimum atomic E-state index is -1.22. The highest BCUT2D eigenvalue weighted by molar-refractivity contribution is 5.88. The van der Waals surface area contributed by atoms with Gasteiger partial charge in [-0.15, -0.1) is 0 Å². The van der Waals surface area contributed by atoms with Gasteiger partial charge in [-0.05, 0) is 24.3 Å². The Balaban J connectivity index is 2.68. The minimum Gasteiger partial charge on any atom is -0.465 e. The SMILES string of the molecule is CC(C)CC(NC(=O)O)C(=O)CC(C=O)Cc1ccccc1. The van der Waals surface area contributed by atoms with Gasteiger partial charge in [0, 0.05) is 12.3 Å². The molecule has 0 fully saturated rings. The molecule has 0 saturated heterocycles. The summed E-state index contributed by atoms with van der Waals surface area (Å²) in [6.45, 7) is 3.84. The topological polar surface area (TPSA) is 83.5 Å². The number of carbonyl (C=O) groups excluding carboxylic acids is 2. The number of ketones is 1. The first-order valence-corrected chi connectivity index (χ1v) is 7.43. The maximum atomic E-state index is 12.3. The number of rotatable bonds is 9. The quantitative estimate of drug-likeness (QED) is 0.687. The highest BCUT2D eigenvalue weighted by atomic mass is 16.4. The van der Waals surface area contributed by atoms with E-state index in [2.05, 4.69) is 5.32 Å². The summed E-state index contributed by atoms with van der Waals surface area (Å²) in [6, 6.07) is 8.71. The standard InChI is InChI=1S/C17H23NO4/c1-12(2)8-15(18-17(21)22)16(20)10-14(11-19)9-13-6-4-3-5-7-13/h3-7,11-12,14-15,18H,8-10H2,1-2H3,(H,21,22). The van der Waals surface area contributed by atoms with Crippen molar-refractivity contribution in [3.05, 3.63) is 35.9 Å².